The van der Waals surface area contributed by atoms with Gasteiger partial charge < -0.3 is 29.9 Å². The van der Waals surface area contributed by atoms with Crippen LogP contribution in [-0.4, -0.2) is 107 Å². The van der Waals surface area contributed by atoms with Gasteiger partial charge in [0.1, 0.15) is 37.0 Å². The number of nitrogens with zero attached hydrogens (tertiary/aromatic N) is 12. The van der Waals surface area contributed by atoms with Gasteiger partial charge in [0, 0.05) is 235 Å². The first-order valence-electron chi connectivity index (χ1n) is 29.8. The summed E-state index contributed by atoms with van der Waals surface area (Å²) >= 11 is 44.2. The number of methoxy groups -OCH3 is 1. The van der Waals surface area contributed by atoms with E-state index in [9.17, 15) is 24.9 Å². The van der Waals surface area contributed by atoms with Gasteiger partial charge in [0.25, 0.3) is 0 Å². The van der Waals surface area contributed by atoms with Crippen LogP contribution in [0.15, 0.2) is 127 Å². The molecule has 0 bridgehead atoms. The van der Waals surface area contributed by atoms with Crippen LogP contribution in [0.1, 0.15) is 115 Å². The predicted molar refractivity (Wildman–Crippen MR) is 483 cm³/mol. The normalized spacial score (nSPS) is 11.5. The Kier molecular flexibility index (Phi) is 43.4. The Hall–Kier alpha value is -3.88. The van der Waals surface area contributed by atoms with Crippen LogP contribution in [0.5, 0.6) is 0 Å². The van der Waals surface area contributed by atoms with Crippen LogP contribution < -0.4 is 0 Å². The third-order valence-corrected chi connectivity index (χ3v) is 24.2. The van der Waals surface area contributed by atoms with Crippen molar-refractivity contribution in [2.75, 3.05) is 7.11 Å². The summed E-state index contributed by atoms with van der Waals surface area (Å²) in [5.41, 5.74) is 18.7. The summed E-state index contributed by atoms with van der Waals surface area (Å²) in [6, 6.07) is 19.7. The van der Waals surface area contributed by atoms with E-state index in [4.69, 9.17) is 9.84 Å². The number of carbonyl (C=O) groups is 2. The van der Waals surface area contributed by atoms with E-state index in [-0.39, 0.29) is 58.4 Å². The SMILES string of the molecule is COC(=O)c1cc2c(cc1Br)C=NC2.Cc1ncc(-c2cc3c(I)nn(CC(=O)OC(C)(C)C)c3cc2CO)cn1.Cc1ncc(-c2cc3c(cc2CO)CN=C3)cn1.Cc1ncc(-c2cc3c(cc2CO)CN=C3I)cn1.OCc1cc2c(cc1Br)C=NC2.S.S=S.S=S=S.S=S=S=S.S=S=S=S=S. The average molecular weight is 2050 g/mol. The summed E-state index contributed by atoms with van der Waals surface area (Å²) in [5.74, 6) is 1.49. The van der Waals surface area contributed by atoms with Crippen LogP contribution in [-0.2, 0) is 216 Å². The molecule has 4 aromatic heterocycles. The molecule has 9 aromatic rings. The van der Waals surface area contributed by atoms with Gasteiger partial charge in [0.15, 0.2) is 0 Å². The number of benzene rings is 5. The lowest BCUT2D eigenvalue weighted by molar-refractivity contribution is -0.155. The zero-order valence-electron chi connectivity index (χ0n) is 56.3. The highest BCUT2D eigenvalue weighted by Crippen LogP contribution is 2.34. The summed E-state index contributed by atoms with van der Waals surface area (Å²) in [6.07, 6.45) is 16.2. The molecule has 0 fully saturated rings. The lowest BCUT2D eigenvalue weighted by Crippen LogP contribution is -2.26. The number of esters is 2. The molecular formula is C66H64Br2I2N12O8S15. The number of aryl methyl sites for hydroxylation is 3. The number of rotatable bonds is 10. The third-order valence-electron chi connectivity index (χ3n) is 14.4. The first kappa shape index (κ1) is 93.5. The van der Waals surface area contributed by atoms with Crippen molar-refractivity contribution in [2.45, 2.75) is 106 Å². The van der Waals surface area contributed by atoms with E-state index in [0.29, 0.717) is 31.0 Å². The first-order valence-corrected chi connectivity index (χ1v) is 46.9. The average Bonchev–Trinajstić information content (AvgIpc) is 1.66. The van der Waals surface area contributed by atoms with Crippen molar-refractivity contribution >= 4 is 279 Å². The van der Waals surface area contributed by atoms with E-state index in [2.05, 4.69) is 232 Å². The standard InChI is InChI=1S/C19H21IN4O3.C14H12IN3O.C14H13N3O.C10H8BrNO2.C9H8BrNO.S5.S4.S3.S2.H2S/c1-11-21-7-13(8-22-11)14-6-15-16(5-12(14)10-25)24(23-18(15)20)9-17(26)27-19(2,3)4;1-8-16-5-11(6-17-8)12-3-13-9(2-10(12)7-19)4-18-14(13)15;1-9-16-6-13(7-17-9)14-3-11-5-15-4-10(11)2-12(14)8-18;1-14-10(13)8-2-6-4-12-5-7(6)3-9(8)11;10-9-2-7-4-11-3-6(7)1-8(9)5-12;1-3-5-4-2;1-3-4-2;1-3-2;1-2;/h5-8,25H,9-10H2,1-4H3;2-3,5-6,19H,4,7H2,1H3;2-3,5-7,18H,4,8H2,1H3;2-3,5H,4H2,1H3;1-2,4,12H,3,5H2;;;;;1H2. The maximum Gasteiger partial charge on any atom is 0.339 e. The van der Waals surface area contributed by atoms with Gasteiger partial charge in [0.2, 0.25) is 0 Å². The van der Waals surface area contributed by atoms with Crippen LogP contribution >= 0.6 is 90.5 Å². The molecule has 4 aliphatic heterocycles. The molecular weight excluding hydrogens is 1980 g/mol. The van der Waals surface area contributed by atoms with Gasteiger partial charge in [-0.2, -0.15) is 18.6 Å². The monoisotopic (exact) mass is 2040 g/mol. The summed E-state index contributed by atoms with van der Waals surface area (Å²) in [6.45, 7) is 13.8. The maximum atomic E-state index is 12.2. The molecule has 0 saturated heterocycles. The number of aliphatic imine (C=N–C) groups is 4. The molecule has 4 N–H and O–H groups in total. The van der Waals surface area contributed by atoms with Gasteiger partial charge in [0.05, 0.1) is 70.8 Å². The highest BCUT2D eigenvalue weighted by molar-refractivity contribution is 14.1. The van der Waals surface area contributed by atoms with Crippen LogP contribution in [0.2, 0.25) is 0 Å². The van der Waals surface area contributed by atoms with Crippen molar-refractivity contribution in [1.29, 1.82) is 0 Å². The lowest BCUT2D eigenvalue weighted by atomic mass is 9.96. The molecule has 0 unspecified atom stereocenters. The van der Waals surface area contributed by atoms with Crippen LogP contribution in [0.25, 0.3) is 44.3 Å². The second-order valence-electron chi connectivity index (χ2n) is 22.2. The minimum Gasteiger partial charge on any atom is -0.465 e. The molecule has 0 spiro atoms. The Labute approximate surface area is 715 Å². The molecule has 0 aliphatic carbocycles. The van der Waals surface area contributed by atoms with Gasteiger partial charge in [-0.1, -0.05) is 28.1 Å². The minimum absolute atomic E-state index is 0. The van der Waals surface area contributed by atoms with E-state index in [1.54, 1.807) is 48.1 Å². The molecule has 8 heterocycles. The Morgan fingerprint density at radius 2 is 0.943 bits per heavy atom. The lowest BCUT2D eigenvalue weighted by Gasteiger charge is -2.19. The largest absolute Gasteiger partial charge is 0.465 e. The van der Waals surface area contributed by atoms with E-state index < -0.39 is 5.60 Å². The van der Waals surface area contributed by atoms with E-state index in [1.165, 1.54) is 62.6 Å². The summed E-state index contributed by atoms with van der Waals surface area (Å²) in [4.78, 5) is 65.8. The zero-order valence-corrected chi connectivity index (χ0v) is 76.3. The molecule has 39 heteroatoms. The van der Waals surface area contributed by atoms with Crippen molar-refractivity contribution in [2.24, 2.45) is 20.0 Å². The van der Waals surface area contributed by atoms with Gasteiger partial charge in [-0.25, -0.2) is 34.7 Å². The van der Waals surface area contributed by atoms with Gasteiger partial charge >= 0.3 is 11.9 Å². The van der Waals surface area contributed by atoms with Gasteiger partial charge in [-0.05, 0) is 229 Å². The van der Waals surface area contributed by atoms with Crippen molar-refractivity contribution in [3.63, 3.8) is 0 Å². The van der Waals surface area contributed by atoms with Crippen LogP contribution in [0.3, 0.4) is 0 Å². The van der Waals surface area contributed by atoms with Crippen molar-refractivity contribution in [3.05, 3.63) is 200 Å². The fourth-order valence-corrected chi connectivity index (χ4v) is 14.9. The third kappa shape index (κ3) is 28.7. The van der Waals surface area contributed by atoms with Gasteiger partial charge in [-0.15, -0.1) is 0 Å². The van der Waals surface area contributed by atoms with E-state index >= 15 is 0 Å². The molecule has 5 aromatic carbocycles. The molecule has 0 atom stereocenters. The fourth-order valence-electron chi connectivity index (χ4n) is 9.82. The maximum absolute atomic E-state index is 12.2. The molecule has 4 aliphatic rings. The predicted octanol–water partition coefficient (Wildman–Crippen LogP) is 11.9. The summed E-state index contributed by atoms with van der Waals surface area (Å²) in [5, 5.41) is 43.2. The Morgan fingerprint density at radius 1 is 0.543 bits per heavy atom. The quantitative estimate of drug-likeness (QED) is 0.0731. The highest BCUT2D eigenvalue weighted by Gasteiger charge is 2.23. The number of ether oxygens (including phenoxy) is 2. The highest BCUT2D eigenvalue weighted by atomic mass is 127. The number of carbonyl (C=O) groups excluding carboxylic acids is 2. The summed E-state index contributed by atoms with van der Waals surface area (Å²) in [7, 11) is 8.58. The number of halogens is 4. The van der Waals surface area contributed by atoms with Crippen LogP contribution in [0, 0.1) is 24.5 Å². The number of aliphatic hydroxyl groups excluding tert-OH is 4. The van der Waals surface area contributed by atoms with Crippen molar-refractivity contribution < 1.29 is 39.5 Å². The number of aromatic nitrogens is 8. The summed E-state index contributed by atoms with van der Waals surface area (Å²) < 4.78 is 15.2. The van der Waals surface area contributed by atoms with E-state index in [0.717, 1.165) is 143 Å². The van der Waals surface area contributed by atoms with Crippen molar-refractivity contribution in [3.8, 4) is 33.4 Å². The molecule has 20 nitrogen and oxygen atoms in total. The fraction of sp³-hybridized carbons (Fsp3) is 0.258. The molecule has 105 heavy (non-hydrogen) atoms. The number of aliphatic hydroxyl groups is 4. The molecule has 13 rings (SSSR count). The topological polar surface area (TPSA) is 278 Å². The molecule has 554 valence electrons. The Balaban J connectivity index is 0.000000270. The Bertz CT molecular complexity index is 4930. The molecule has 0 radical (unpaired) electrons. The molecule has 0 saturated carbocycles. The van der Waals surface area contributed by atoms with Crippen molar-refractivity contribution in [1.82, 2.24) is 39.7 Å². The van der Waals surface area contributed by atoms with Crippen LogP contribution in [0.4, 0.5) is 0 Å². The second kappa shape index (κ2) is 48.7. The number of fused-ring (bicyclic) bond motifs is 5. The first-order chi connectivity index (χ1) is 49.9. The minimum atomic E-state index is -0.554. The zero-order chi connectivity index (χ0) is 76.6. The second-order valence-corrected chi connectivity index (χ2v) is 36.6. The van der Waals surface area contributed by atoms with E-state index in [1.807, 2.05) is 109 Å². The van der Waals surface area contributed by atoms with Gasteiger partial charge in [-0.3, -0.25) is 29.4 Å². The Morgan fingerprint density at radius 3 is 1.36 bits per heavy atom. The smallest absolute Gasteiger partial charge is 0.339 e. The molecule has 0 amide bonds. The number of hydrogen-bond donors (Lipinski definition) is 4. The number of hydrogen-bond acceptors (Lipinski definition) is 27.